The quantitative estimate of drug-likeness (QED) is 0.0707. The Hall–Kier alpha value is -8.50. The van der Waals surface area contributed by atoms with Crippen LogP contribution in [0.25, 0.3) is 0 Å². The average molecular weight is 1180 g/mol. The third-order valence-corrected chi connectivity index (χ3v) is 16.0. The topological polar surface area (TPSA) is 325 Å². The molecule has 22 nitrogen and oxygen atoms in total. The van der Waals surface area contributed by atoms with Gasteiger partial charge in [0, 0.05) is 38.8 Å². The van der Waals surface area contributed by atoms with E-state index in [0.717, 1.165) is 0 Å². The van der Waals surface area contributed by atoms with Crippen LogP contribution in [-0.2, 0) is 73.6 Å². The van der Waals surface area contributed by atoms with Crippen molar-refractivity contribution >= 4 is 59.1 Å². The first-order valence-electron chi connectivity index (χ1n) is 30.1. The van der Waals surface area contributed by atoms with Gasteiger partial charge in [-0.2, -0.15) is 0 Å². The van der Waals surface area contributed by atoms with Crippen LogP contribution in [0.4, 0.5) is 0 Å². The molecule has 12 N–H and O–H groups in total. The second kappa shape index (κ2) is 32.7. The van der Waals surface area contributed by atoms with Gasteiger partial charge in [0.2, 0.25) is 59.1 Å². The molecule has 10 amide bonds. The SMILES string of the molecule is C[C@@H]1NC(=O)[C@H](Cc2ccccc2)NC(=O)[C@H](Cc2ccccc2)NC(=O)[C@@H]2CCCN2C(=O)[C@H](CCCCN)NC(=O)[C@H](C)NC(=O)[C@H](Cc2ccccc2)NC(=O)[C@H](Cc2ccccc2)NC(=O)[C@@H]2CCCN2C(=O)[C@H](CCCCN)NC1=O. The molecule has 3 fully saturated rings. The van der Waals surface area contributed by atoms with Crippen molar-refractivity contribution in [1.29, 1.82) is 0 Å². The molecule has 0 aromatic heterocycles. The molecular weight excluding hydrogens is 1100 g/mol. The summed E-state index contributed by atoms with van der Waals surface area (Å²) in [6.07, 6.45) is 3.40. The number of hydrogen-bond acceptors (Lipinski definition) is 12. The summed E-state index contributed by atoms with van der Waals surface area (Å²) in [5, 5.41) is 22.6. The van der Waals surface area contributed by atoms with E-state index in [0.29, 0.717) is 73.9 Å². The summed E-state index contributed by atoms with van der Waals surface area (Å²) in [7, 11) is 0. The lowest BCUT2D eigenvalue weighted by atomic mass is 10.0. The number of nitrogens with one attached hydrogen (secondary N) is 8. The van der Waals surface area contributed by atoms with E-state index in [1.807, 2.05) is 0 Å². The van der Waals surface area contributed by atoms with Crippen molar-refractivity contribution in [3.63, 3.8) is 0 Å². The molecule has 0 spiro atoms. The summed E-state index contributed by atoms with van der Waals surface area (Å²) in [5.74, 6) is -6.74. The molecule has 3 saturated heterocycles. The van der Waals surface area contributed by atoms with Crippen molar-refractivity contribution < 1.29 is 47.9 Å². The number of rotatable bonds is 16. The molecule has 10 atom stereocenters. The monoisotopic (exact) mass is 1180 g/mol. The van der Waals surface area contributed by atoms with Crippen LogP contribution in [0, 0.1) is 0 Å². The fourth-order valence-corrected chi connectivity index (χ4v) is 11.2. The summed E-state index contributed by atoms with van der Waals surface area (Å²) in [4.78, 5) is 149. The zero-order valence-electron chi connectivity index (χ0n) is 49.2. The Morgan fingerprint density at radius 1 is 0.349 bits per heavy atom. The van der Waals surface area contributed by atoms with Gasteiger partial charge in [-0.3, -0.25) is 47.9 Å². The van der Waals surface area contributed by atoms with Crippen molar-refractivity contribution in [2.75, 3.05) is 26.2 Å². The van der Waals surface area contributed by atoms with Gasteiger partial charge >= 0.3 is 0 Å². The zero-order valence-corrected chi connectivity index (χ0v) is 49.2. The van der Waals surface area contributed by atoms with Crippen LogP contribution in [0.5, 0.6) is 0 Å². The summed E-state index contributed by atoms with van der Waals surface area (Å²) in [5.41, 5.74) is 14.4. The first-order chi connectivity index (χ1) is 41.5. The highest BCUT2D eigenvalue weighted by Crippen LogP contribution is 2.23. The van der Waals surface area contributed by atoms with E-state index in [4.69, 9.17) is 11.5 Å². The molecule has 460 valence electrons. The molecule has 3 heterocycles. The molecule has 3 aliphatic rings. The Kier molecular flexibility index (Phi) is 24.7. The Balaban J connectivity index is 1.25. The third-order valence-electron chi connectivity index (χ3n) is 16.0. The van der Waals surface area contributed by atoms with Gasteiger partial charge in [-0.05, 0) is 113 Å². The van der Waals surface area contributed by atoms with Crippen molar-refractivity contribution in [2.24, 2.45) is 11.5 Å². The van der Waals surface area contributed by atoms with Crippen LogP contribution < -0.4 is 54.0 Å². The molecular formula is C64H84N12O10. The fraction of sp³-hybridized carbons (Fsp3) is 0.469. The molecule has 0 aliphatic carbocycles. The minimum absolute atomic E-state index is 0.0117. The largest absolute Gasteiger partial charge is 0.343 e. The first-order valence-corrected chi connectivity index (χ1v) is 30.1. The van der Waals surface area contributed by atoms with Crippen molar-refractivity contribution in [3.8, 4) is 0 Å². The van der Waals surface area contributed by atoms with Crippen molar-refractivity contribution in [3.05, 3.63) is 144 Å². The van der Waals surface area contributed by atoms with E-state index in [1.165, 1.54) is 23.6 Å². The highest BCUT2D eigenvalue weighted by Gasteiger charge is 2.42. The maximum Gasteiger partial charge on any atom is 0.245 e. The molecule has 0 saturated carbocycles. The normalized spacial score (nSPS) is 25.5. The number of unbranched alkanes of at least 4 members (excludes halogenated alkanes) is 2. The van der Waals surface area contributed by atoms with Crippen molar-refractivity contribution in [2.45, 2.75) is 164 Å². The highest BCUT2D eigenvalue weighted by molar-refractivity contribution is 6.00. The molecule has 0 radical (unpaired) electrons. The molecule has 86 heavy (non-hydrogen) atoms. The van der Waals surface area contributed by atoms with E-state index in [-0.39, 0.29) is 64.5 Å². The van der Waals surface area contributed by atoms with Gasteiger partial charge in [-0.15, -0.1) is 0 Å². The van der Waals surface area contributed by atoms with Crippen LogP contribution in [-0.4, -0.2) is 155 Å². The summed E-state index contributed by atoms with van der Waals surface area (Å²) in [6, 6.07) is 23.6. The van der Waals surface area contributed by atoms with E-state index in [2.05, 4.69) is 42.5 Å². The van der Waals surface area contributed by atoms with E-state index in [1.54, 1.807) is 121 Å². The maximum absolute atomic E-state index is 14.8. The molecule has 0 bridgehead atoms. The zero-order chi connectivity index (χ0) is 61.5. The number of nitrogens with zero attached hydrogens (tertiary/aromatic N) is 2. The Bertz CT molecular complexity index is 2740. The highest BCUT2D eigenvalue weighted by atomic mass is 16.2. The molecule has 7 rings (SSSR count). The predicted octanol–water partition coefficient (Wildman–Crippen LogP) is 1.13. The Morgan fingerprint density at radius 3 is 0.907 bits per heavy atom. The van der Waals surface area contributed by atoms with Gasteiger partial charge in [0.25, 0.3) is 0 Å². The number of nitrogens with two attached hydrogens (primary N) is 2. The molecule has 3 aliphatic heterocycles. The maximum atomic E-state index is 14.8. The van der Waals surface area contributed by atoms with E-state index in [9.17, 15) is 47.9 Å². The van der Waals surface area contributed by atoms with E-state index >= 15 is 0 Å². The van der Waals surface area contributed by atoms with Crippen LogP contribution in [0.1, 0.15) is 100 Å². The summed E-state index contributed by atoms with van der Waals surface area (Å²) in [6.45, 7) is 3.81. The van der Waals surface area contributed by atoms with Crippen LogP contribution in [0.3, 0.4) is 0 Å². The number of carbonyl (C=O) groups excluding carboxylic acids is 10. The minimum Gasteiger partial charge on any atom is -0.343 e. The fourth-order valence-electron chi connectivity index (χ4n) is 11.2. The average Bonchev–Trinajstić information content (AvgIpc) is 2.91. The molecule has 4 aromatic rings. The number of benzene rings is 4. The minimum atomic E-state index is -1.29. The second-order valence-corrected chi connectivity index (χ2v) is 22.5. The van der Waals surface area contributed by atoms with Gasteiger partial charge in [0.05, 0.1) is 0 Å². The third kappa shape index (κ3) is 18.7. The standard InChI is InChI=1S/C64H84N12O10/c1-41-55(77)69-47(29-15-17-33-65)63(85)75-35-19-31-53(75)61(83)74-52(40-46-27-13-6-14-28-46)60(82)72-50(38-44-23-9-4-10-24-44)58(80)68-42(2)56(78)70-48(30-16-18-34-66)64(86)76-36-20-32-54(76)62(84)73-51(39-45-25-11-5-12-26-45)59(81)71-49(57(79)67-41)37-43-21-7-3-8-22-43/h3-14,21-28,41-42,47-54H,15-20,29-40,65-66H2,1-2H3,(H,67,79)(H,68,80)(H,69,77)(H,70,78)(H,71,81)(H,72,82)(H,73,84)(H,74,83)/t41-,42-,47-,48-,49-,50-,51-,52-,53-,54-/m0/s1. The second-order valence-electron chi connectivity index (χ2n) is 22.5. The summed E-state index contributed by atoms with van der Waals surface area (Å²) < 4.78 is 0. The number of fused-ring (bicyclic) bond motifs is 2. The van der Waals surface area contributed by atoms with Gasteiger partial charge in [0.15, 0.2) is 0 Å². The Labute approximate surface area is 502 Å². The van der Waals surface area contributed by atoms with Gasteiger partial charge < -0.3 is 63.8 Å². The lowest BCUT2D eigenvalue weighted by Crippen LogP contribution is -2.61. The van der Waals surface area contributed by atoms with Gasteiger partial charge in [-0.1, -0.05) is 121 Å². The summed E-state index contributed by atoms with van der Waals surface area (Å²) >= 11 is 0. The lowest BCUT2D eigenvalue weighted by molar-refractivity contribution is -0.143. The van der Waals surface area contributed by atoms with Crippen LogP contribution >= 0.6 is 0 Å². The number of amides is 10. The van der Waals surface area contributed by atoms with Crippen molar-refractivity contribution in [1.82, 2.24) is 52.3 Å². The smallest absolute Gasteiger partial charge is 0.245 e. The number of carbonyl (C=O) groups is 10. The van der Waals surface area contributed by atoms with Crippen LogP contribution in [0.15, 0.2) is 121 Å². The Morgan fingerprint density at radius 2 is 0.616 bits per heavy atom. The molecule has 0 unspecified atom stereocenters. The molecule has 4 aromatic carbocycles. The van der Waals surface area contributed by atoms with Gasteiger partial charge in [-0.25, -0.2) is 0 Å². The van der Waals surface area contributed by atoms with Gasteiger partial charge in [0.1, 0.15) is 60.4 Å². The predicted molar refractivity (Wildman–Crippen MR) is 323 cm³/mol. The van der Waals surface area contributed by atoms with Crippen LogP contribution in [0.2, 0.25) is 0 Å². The number of hydrogen-bond donors (Lipinski definition) is 10. The molecule has 22 heteroatoms. The first kappa shape index (κ1) is 65.1. The lowest BCUT2D eigenvalue weighted by Gasteiger charge is -2.31. The van der Waals surface area contributed by atoms with E-state index < -0.39 is 119 Å².